The van der Waals surface area contributed by atoms with Gasteiger partial charge in [-0.2, -0.15) is 0 Å². The summed E-state index contributed by atoms with van der Waals surface area (Å²) in [5.41, 5.74) is -0.0851. The number of rotatable bonds is 7. The molecule has 19 heavy (non-hydrogen) atoms. The molecule has 0 aliphatic carbocycles. The third-order valence-corrected chi connectivity index (χ3v) is 4.52. The summed E-state index contributed by atoms with van der Waals surface area (Å²) in [5.74, 6) is -1.18. The van der Waals surface area contributed by atoms with E-state index >= 15 is 0 Å². The molecule has 6 nitrogen and oxygen atoms in total. The molecular formula is C11H15BrN2O4S. The maximum absolute atomic E-state index is 11.9. The minimum absolute atomic E-state index is 0.0578. The lowest BCUT2D eigenvalue weighted by Gasteiger charge is -2.08. The van der Waals surface area contributed by atoms with E-state index in [9.17, 15) is 13.2 Å². The Balaban J connectivity index is 2.89. The molecule has 0 spiro atoms. The highest BCUT2D eigenvalue weighted by molar-refractivity contribution is 9.10. The number of hydrogen-bond donors (Lipinski definition) is 3. The van der Waals surface area contributed by atoms with Crippen LogP contribution in [0.1, 0.15) is 16.8 Å². The zero-order valence-electron chi connectivity index (χ0n) is 10.3. The van der Waals surface area contributed by atoms with E-state index in [-0.39, 0.29) is 10.5 Å². The van der Waals surface area contributed by atoms with E-state index in [1.54, 1.807) is 7.05 Å². The van der Waals surface area contributed by atoms with Gasteiger partial charge in [0.15, 0.2) is 0 Å². The molecule has 0 aliphatic rings. The molecule has 0 aliphatic heterocycles. The van der Waals surface area contributed by atoms with Crippen molar-refractivity contribution < 1.29 is 18.3 Å². The molecule has 0 fully saturated rings. The fourth-order valence-corrected chi connectivity index (χ4v) is 2.91. The van der Waals surface area contributed by atoms with Gasteiger partial charge in [-0.15, -0.1) is 0 Å². The van der Waals surface area contributed by atoms with Crippen molar-refractivity contribution in [1.82, 2.24) is 10.0 Å². The quantitative estimate of drug-likeness (QED) is 0.638. The topological polar surface area (TPSA) is 95.5 Å². The molecule has 0 heterocycles. The summed E-state index contributed by atoms with van der Waals surface area (Å²) in [4.78, 5) is 10.9. The van der Waals surface area contributed by atoms with E-state index in [1.807, 2.05) is 0 Å². The fourth-order valence-electron chi connectivity index (χ4n) is 1.39. The van der Waals surface area contributed by atoms with E-state index in [4.69, 9.17) is 5.11 Å². The maximum Gasteiger partial charge on any atom is 0.336 e. The van der Waals surface area contributed by atoms with E-state index < -0.39 is 16.0 Å². The molecule has 1 rings (SSSR count). The van der Waals surface area contributed by atoms with E-state index in [0.29, 0.717) is 24.0 Å². The standard InChI is InChI=1S/C11H15BrN2O4S/c1-13-5-2-6-14-19(17,18)8-3-4-10(12)9(7-8)11(15)16/h3-4,7,13-14H,2,5-6H2,1H3,(H,15,16). The van der Waals surface area contributed by atoms with Crippen molar-refractivity contribution in [3.05, 3.63) is 28.2 Å². The van der Waals surface area contributed by atoms with Crippen LogP contribution in [0.2, 0.25) is 0 Å². The minimum Gasteiger partial charge on any atom is -0.478 e. The number of carboxylic acids is 1. The van der Waals surface area contributed by atoms with Crippen LogP contribution in [0.5, 0.6) is 0 Å². The van der Waals surface area contributed by atoms with Gasteiger partial charge in [0.1, 0.15) is 0 Å². The molecule has 1 aromatic rings. The van der Waals surface area contributed by atoms with Gasteiger partial charge in [0, 0.05) is 11.0 Å². The summed E-state index contributed by atoms with van der Waals surface area (Å²) in [6, 6.07) is 3.90. The molecule has 3 N–H and O–H groups in total. The summed E-state index contributed by atoms with van der Waals surface area (Å²) >= 11 is 3.07. The van der Waals surface area contributed by atoms with Crippen LogP contribution in [0.15, 0.2) is 27.6 Å². The highest BCUT2D eigenvalue weighted by Crippen LogP contribution is 2.20. The van der Waals surface area contributed by atoms with Crippen LogP contribution in [0, 0.1) is 0 Å². The number of hydrogen-bond acceptors (Lipinski definition) is 4. The zero-order chi connectivity index (χ0) is 14.5. The third-order valence-electron chi connectivity index (χ3n) is 2.37. The Labute approximate surface area is 120 Å². The molecule has 0 bridgehead atoms. The molecule has 0 amide bonds. The normalized spacial score (nSPS) is 11.5. The van der Waals surface area contributed by atoms with Gasteiger partial charge in [-0.1, -0.05) is 0 Å². The van der Waals surface area contributed by atoms with Gasteiger partial charge in [-0.05, 0) is 54.1 Å². The number of carboxylic acid groups (broad SMARTS) is 1. The number of sulfonamides is 1. The van der Waals surface area contributed by atoms with Crippen LogP contribution < -0.4 is 10.0 Å². The number of nitrogens with one attached hydrogen (secondary N) is 2. The Morgan fingerprint density at radius 2 is 2.05 bits per heavy atom. The average molecular weight is 351 g/mol. The minimum atomic E-state index is -3.68. The van der Waals surface area contributed by atoms with Crippen molar-refractivity contribution in [3.63, 3.8) is 0 Å². The van der Waals surface area contributed by atoms with Gasteiger partial charge in [-0.25, -0.2) is 17.9 Å². The van der Waals surface area contributed by atoms with Crippen LogP contribution in [-0.4, -0.2) is 39.6 Å². The van der Waals surface area contributed by atoms with Gasteiger partial charge >= 0.3 is 5.97 Å². The molecule has 0 saturated carbocycles. The van der Waals surface area contributed by atoms with Crippen molar-refractivity contribution in [2.75, 3.05) is 20.1 Å². The summed E-state index contributed by atoms with van der Waals surface area (Å²) in [7, 11) is -1.90. The molecule has 8 heteroatoms. The monoisotopic (exact) mass is 350 g/mol. The average Bonchev–Trinajstić information content (AvgIpc) is 2.34. The van der Waals surface area contributed by atoms with Crippen LogP contribution >= 0.6 is 15.9 Å². The van der Waals surface area contributed by atoms with Gasteiger partial charge in [0.05, 0.1) is 10.5 Å². The first-order chi connectivity index (χ1) is 8.88. The van der Waals surface area contributed by atoms with Crippen LogP contribution in [-0.2, 0) is 10.0 Å². The number of carbonyl (C=O) groups is 1. The summed E-state index contributed by atoms with van der Waals surface area (Å²) < 4.78 is 26.6. The fraction of sp³-hybridized carbons (Fsp3) is 0.364. The van der Waals surface area contributed by atoms with Gasteiger partial charge in [0.25, 0.3) is 0 Å². The first-order valence-corrected chi connectivity index (χ1v) is 7.83. The lowest BCUT2D eigenvalue weighted by Crippen LogP contribution is -2.27. The highest BCUT2D eigenvalue weighted by Gasteiger charge is 2.17. The predicted molar refractivity (Wildman–Crippen MR) is 74.8 cm³/mol. The Morgan fingerprint density at radius 1 is 1.37 bits per heavy atom. The molecular weight excluding hydrogens is 336 g/mol. The van der Waals surface area contributed by atoms with Gasteiger partial charge < -0.3 is 10.4 Å². The van der Waals surface area contributed by atoms with Crippen LogP contribution in [0.25, 0.3) is 0 Å². The highest BCUT2D eigenvalue weighted by atomic mass is 79.9. The van der Waals surface area contributed by atoms with Gasteiger partial charge in [0.2, 0.25) is 10.0 Å². The third kappa shape index (κ3) is 4.57. The second-order valence-electron chi connectivity index (χ2n) is 3.80. The predicted octanol–water partition coefficient (Wildman–Crippen LogP) is 1.04. The van der Waals surface area contributed by atoms with Gasteiger partial charge in [-0.3, -0.25) is 0 Å². The van der Waals surface area contributed by atoms with E-state index in [2.05, 4.69) is 26.0 Å². The van der Waals surface area contributed by atoms with Crippen molar-refractivity contribution >= 4 is 31.9 Å². The van der Waals surface area contributed by atoms with Crippen molar-refractivity contribution in [2.45, 2.75) is 11.3 Å². The Bertz CT molecular complexity index is 560. The lowest BCUT2D eigenvalue weighted by atomic mass is 10.2. The zero-order valence-corrected chi connectivity index (χ0v) is 12.7. The van der Waals surface area contributed by atoms with E-state index in [0.717, 1.165) is 6.07 Å². The second-order valence-corrected chi connectivity index (χ2v) is 6.42. The maximum atomic E-state index is 11.9. The molecule has 1 aromatic carbocycles. The van der Waals surface area contributed by atoms with Crippen molar-refractivity contribution in [1.29, 1.82) is 0 Å². The Kier molecular flexibility index (Phi) is 5.92. The molecule has 0 unspecified atom stereocenters. The molecule has 0 atom stereocenters. The summed E-state index contributed by atoms with van der Waals surface area (Å²) in [5, 5.41) is 11.9. The number of halogens is 1. The summed E-state index contributed by atoms with van der Waals surface area (Å²) in [6.07, 6.45) is 0.651. The van der Waals surface area contributed by atoms with E-state index in [1.165, 1.54) is 12.1 Å². The largest absolute Gasteiger partial charge is 0.478 e. The molecule has 0 aromatic heterocycles. The number of aromatic carboxylic acids is 1. The molecule has 106 valence electrons. The lowest BCUT2D eigenvalue weighted by molar-refractivity contribution is 0.0695. The van der Waals surface area contributed by atoms with Crippen molar-refractivity contribution in [2.24, 2.45) is 0 Å². The number of benzene rings is 1. The smallest absolute Gasteiger partial charge is 0.336 e. The van der Waals surface area contributed by atoms with Crippen molar-refractivity contribution in [3.8, 4) is 0 Å². The SMILES string of the molecule is CNCCCNS(=O)(=O)c1ccc(Br)c(C(=O)O)c1. The first kappa shape index (κ1) is 16.1. The second kappa shape index (κ2) is 6.99. The van der Waals surface area contributed by atoms with Crippen LogP contribution in [0.4, 0.5) is 0 Å². The molecule has 0 saturated heterocycles. The molecule has 0 radical (unpaired) electrons. The Hall–Kier alpha value is -0.960. The Morgan fingerprint density at radius 3 is 2.63 bits per heavy atom. The summed E-state index contributed by atoms with van der Waals surface area (Å²) in [6.45, 7) is 0.991. The van der Waals surface area contributed by atoms with Crippen LogP contribution in [0.3, 0.4) is 0 Å². The first-order valence-electron chi connectivity index (χ1n) is 5.55.